The summed E-state index contributed by atoms with van der Waals surface area (Å²) >= 11 is 1.72. The molecule has 1 N–H and O–H groups in total. The molecule has 0 aliphatic carbocycles. The number of nitrogens with zero attached hydrogens (tertiary/aromatic N) is 2. The largest absolute Gasteiger partial charge is 0.349 e. The molecule has 1 aromatic heterocycles. The molecule has 1 heterocycles. The highest BCUT2D eigenvalue weighted by atomic mass is 32.1. The van der Waals surface area contributed by atoms with Crippen LogP contribution in [-0.2, 0) is 6.54 Å². The van der Waals surface area contributed by atoms with E-state index in [4.69, 9.17) is 0 Å². The van der Waals surface area contributed by atoms with Crippen LogP contribution in [-0.4, -0.2) is 25.1 Å². The lowest BCUT2D eigenvalue weighted by atomic mass is 10.5. The lowest BCUT2D eigenvalue weighted by Crippen LogP contribution is -2.21. The van der Waals surface area contributed by atoms with Crippen molar-refractivity contribution in [1.82, 2.24) is 10.3 Å². The summed E-state index contributed by atoms with van der Waals surface area (Å²) in [5.41, 5.74) is 1.13. The molecule has 13 heavy (non-hydrogen) atoms. The van der Waals surface area contributed by atoms with Crippen LogP contribution in [0.3, 0.4) is 0 Å². The van der Waals surface area contributed by atoms with E-state index in [1.54, 1.807) is 11.3 Å². The maximum Gasteiger partial charge on any atom is 0.185 e. The van der Waals surface area contributed by atoms with Crippen LogP contribution in [0.15, 0.2) is 5.38 Å². The van der Waals surface area contributed by atoms with Crippen molar-refractivity contribution in [1.29, 1.82) is 0 Å². The molecule has 0 radical (unpaired) electrons. The van der Waals surface area contributed by atoms with Gasteiger partial charge in [-0.25, -0.2) is 4.98 Å². The Kier molecular flexibility index (Phi) is 4.18. The van der Waals surface area contributed by atoms with Crippen LogP contribution < -0.4 is 10.2 Å². The third kappa shape index (κ3) is 2.67. The molecular formula is C9H17N3S. The monoisotopic (exact) mass is 199 g/mol. The van der Waals surface area contributed by atoms with E-state index < -0.39 is 0 Å². The Bertz CT molecular complexity index is 243. The SMILES string of the molecule is CCN(CC)c1nc(CNC)cs1. The Morgan fingerprint density at radius 1 is 1.46 bits per heavy atom. The Morgan fingerprint density at radius 2 is 2.15 bits per heavy atom. The number of nitrogens with one attached hydrogen (secondary N) is 1. The Labute approximate surface area is 83.8 Å². The lowest BCUT2D eigenvalue weighted by molar-refractivity contribution is 0.788. The molecule has 1 rings (SSSR count). The molecule has 0 bridgehead atoms. The second-order valence-corrected chi connectivity index (χ2v) is 3.66. The minimum Gasteiger partial charge on any atom is -0.349 e. The van der Waals surface area contributed by atoms with Crippen LogP contribution in [0.4, 0.5) is 5.13 Å². The van der Waals surface area contributed by atoms with Crippen LogP contribution in [0, 0.1) is 0 Å². The maximum absolute atomic E-state index is 4.52. The average molecular weight is 199 g/mol. The summed E-state index contributed by atoms with van der Waals surface area (Å²) in [6.07, 6.45) is 0. The minimum absolute atomic E-state index is 0.859. The van der Waals surface area contributed by atoms with Gasteiger partial charge in [0.05, 0.1) is 5.69 Å². The third-order valence-corrected chi connectivity index (χ3v) is 2.88. The van der Waals surface area contributed by atoms with E-state index in [1.165, 1.54) is 0 Å². The van der Waals surface area contributed by atoms with Crippen molar-refractivity contribution >= 4 is 16.5 Å². The quantitative estimate of drug-likeness (QED) is 0.782. The molecule has 3 nitrogen and oxygen atoms in total. The average Bonchev–Trinajstić information content (AvgIpc) is 2.56. The fourth-order valence-electron chi connectivity index (χ4n) is 1.20. The molecule has 0 atom stereocenters. The van der Waals surface area contributed by atoms with Crippen molar-refractivity contribution in [3.63, 3.8) is 0 Å². The van der Waals surface area contributed by atoms with E-state index in [0.29, 0.717) is 0 Å². The van der Waals surface area contributed by atoms with Crippen molar-refractivity contribution in [2.75, 3.05) is 25.0 Å². The van der Waals surface area contributed by atoms with Crippen molar-refractivity contribution in [2.24, 2.45) is 0 Å². The first-order chi connectivity index (χ1) is 6.31. The molecular weight excluding hydrogens is 182 g/mol. The second-order valence-electron chi connectivity index (χ2n) is 2.82. The number of rotatable bonds is 5. The summed E-state index contributed by atoms with van der Waals surface area (Å²) in [6.45, 7) is 7.23. The molecule has 0 saturated heterocycles. The van der Waals surface area contributed by atoms with E-state index in [2.05, 4.69) is 34.4 Å². The van der Waals surface area contributed by atoms with Gasteiger partial charge in [0.1, 0.15) is 0 Å². The summed E-state index contributed by atoms with van der Waals surface area (Å²) < 4.78 is 0. The maximum atomic E-state index is 4.52. The highest BCUT2D eigenvalue weighted by Crippen LogP contribution is 2.19. The van der Waals surface area contributed by atoms with E-state index in [9.17, 15) is 0 Å². The van der Waals surface area contributed by atoms with Crippen LogP contribution >= 0.6 is 11.3 Å². The number of anilines is 1. The zero-order chi connectivity index (χ0) is 9.68. The Balaban J connectivity index is 2.66. The van der Waals surface area contributed by atoms with Gasteiger partial charge in [-0.2, -0.15) is 0 Å². The highest BCUT2D eigenvalue weighted by Gasteiger charge is 2.06. The standard InChI is InChI=1S/C9H17N3S/c1-4-12(5-2)9-11-8(6-10-3)7-13-9/h7,10H,4-6H2,1-3H3. The number of hydrogen-bond acceptors (Lipinski definition) is 4. The van der Waals surface area contributed by atoms with Crippen molar-refractivity contribution in [3.05, 3.63) is 11.1 Å². The number of aromatic nitrogens is 1. The van der Waals surface area contributed by atoms with Crippen molar-refractivity contribution < 1.29 is 0 Å². The second kappa shape index (κ2) is 5.19. The molecule has 74 valence electrons. The molecule has 0 saturated carbocycles. The van der Waals surface area contributed by atoms with Gasteiger partial charge in [-0.15, -0.1) is 11.3 Å². The van der Waals surface area contributed by atoms with Gasteiger partial charge in [0.25, 0.3) is 0 Å². The van der Waals surface area contributed by atoms with Gasteiger partial charge in [0, 0.05) is 25.0 Å². The van der Waals surface area contributed by atoms with Gasteiger partial charge in [-0.3, -0.25) is 0 Å². The van der Waals surface area contributed by atoms with Crippen LogP contribution in [0.1, 0.15) is 19.5 Å². The zero-order valence-electron chi connectivity index (χ0n) is 8.50. The van der Waals surface area contributed by atoms with Crippen LogP contribution in [0.5, 0.6) is 0 Å². The predicted molar refractivity (Wildman–Crippen MR) is 58.4 cm³/mol. The molecule has 0 fully saturated rings. The van der Waals surface area contributed by atoms with Gasteiger partial charge in [0.2, 0.25) is 0 Å². The Morgan fingerprint density at radius 3 is 2.69 bits per heavy atom. The summed E-state index contributed by atoms with van der Waals surface area (Å²) in [5, 5.41) is 6.35. The van der Waals surface area contributed by atoms with Crippen molar-refractivity contribution in [2.45, 2.75) is 20.4 Å². The first-order valence-electron chi connectivity index (χ1n) is 4.65. The highest BCUT2D eigenvalue weighted by molar-refractivity contribution is 7.13. The minimum atomic E-state index is 0.859. The molecule has 1 aromatic rings. The smallest absolute Gasteiger partial charge is 0.185 e. The number of thiazole rings is 1. The van der Waals surface area contributed by atoms with Gasteiger partial charge in [0.15, 0.2) is 5.13 Å². The van der Waals surface area contributed by atoms with Crippen LogP contribution in [0.25, 0.3) is 0 Å². The third-order valence-electron chi connectivity index (χ3n) is 1.93. The van der Waals surface area contributed by atoms with E-state index >= 15 is 0 Å². The van der Waals surface area contributed by atoms with Gasteiger partial charge < -0.3 is 10.2 Å². The van der Waals surface area contributed by atoms with E-state index in [1.807, 2.05) is 7.05 Å². The van der Waals surface area contributed by atoms with E-state index in [-0.39, 0.29) is 0 Å². The van der Waals surface area contributed by atoms with Gasteiger partial charge in [-0.05, 0) is 20.9 Å². The number of hydrogen-bond donors (Lipinski definition) is 1. The molecule has 0 aliphatic heterocycles. The molecule has 0 unspecified atom stereocenters. The normalized spacial score (nSPS) is 10.4. The molecule has 0 aromatic carbocycles. The molecule has 0 spiro atoms. The molecule has 0 aliphatic rings. The van der Waals surface area contributed by atoms with Gasteiger partial charge in [-0.1, -0.05) is 0 Å². The van der Waals surface area contributed by atoms with Crippen LogP contribution in [0.2, 0.25) is 0 Å². The topological polar surface area (TPSA) is 28.2 Å². The zero-order valence-corrected chi connectivity index (χ0v) is 9.32. The summed E-state index contributed by atoms with van der Waals surface area (Å²) in [5.74, 6) is 0. The lowest BCUT2D eigenvalue weighted by Gasteiger charge is -2.16. The first kappa shape index (κ1) is 10.5. The molecule has 0 amide bonds. The van der Waals surface area contributed by atoms with Gasteiger partial charge >= 0.3 is 0 Å². The van der Waals surface area contributed by atoms with Crippen molar-refractivity contribution in [3.8, 4) is 0 Å². The molecule has 4 heteroatoms. The Hall–Kier alpha value is -0.610. The van der Waals surface area contributed by atoms with E-state index in [0.717, 1.165) is 30.5 Å². The first-order valence-corrected chi connectivity index (χ1v) is 5.53. The summed E-state index contributed by atoms with van der Waals surface area (Å²) in [4.78, 5) is 6.79. The fraction of sp³-hybridized carbons (Fsp3) is 0.667. The fourth-order valence-corrected chi connectivity index (χ4v) is 2.15. The summed E-state index contributed by atoms with van der Waals surface area (Å²) in [7, 11) is 1.94. The predicted octanol–water partition coefficient (Wildman–Crippen LogP) is 1.71. The summed E-state index contributed by atoms with van der Waals surface area (Å²) in [6, 6.07) is 0.